The summed E-state index contributed by atoms with van der Waals surface area (Å²) in [4.78, 5) is 1.35. The number of rotatable bonds is 3. The molecule has 0 aliphatic carbocycles. The van der Waals surface area contributed by atoms with Crippen molar-refractivity contribution >= 4 is 11.3 Å². The predicted molar refractivity (Wildman–Crippen MR) is 60.6 cm³/mol. The van der Waals surface area contributed by atoms with Crippen LogP contribution in [0.3, 0.4) is 0 Å². The molecule has 3 heteroatoms. The molecule has 0 aromatic carbocycles. The summed E-state index contributed by atoms with van der Waals surface area (Å²) in [5.41, 5.74) is 7.11. The zero-order valence-corrected chi connectivity index (χ0v) is 9.00. The van der Waals surface area contributed by atoms with Gasteiger partial charge in [0.05, 0.1) is 0 Å². The molecule has 0 saturated heterocycles. The van der Waals surface area contributed by atoms with Crippen LogP contribution in [0.25, 0.3) is 0 Å². The number of aromatic nitrogens is 1. The van der Waals surface area contributed by atoms with E-state index in [1.54, 1.807) is 11.3 Å². The van der Waals surface area contributed by atoms with E-state index in [1.807, 2.05) is 7.05 Å². The molecule has 0 radical (unpaired) electrons. The van der Waals surface area contributed by atoms with Gasteiger partial charge in [-0.3, -0.25) is 0 Å². The summed E-state index contributed by atoms with van der Waals surface area (Å²) in [5.74, 6) is 0.358. The highest BCUT2D eigenvalue weighted by atomic mass is 32.1. The quantitative estimate of drug-likeness (QED) is 0.820. The molecular weight excluding hydrogens is 192 g/mol. The fraction of sp³-hybridized carbons (Fsp3) is 0.273. The fourth-order valence-corrected chi connectivity index (χ4v) is 2.50. The van der Waals surface area contributed by atoms with E-state index >= 15 is 0 Å². The lowest BCUT2D eigenvalue weighted by molar-refractivity contribution is 0.826. The second kappa shape index (κ2) is 3.98. The Labute approximate surface area is 88.0 Å². The van der Waals surface area contributed by atoms with Crippen LogP contribution in [0.5, 0.6) is 0 Å². The van der Waals surface area contributed by atoms with Gasteiger partial charge in [0.2, 0.25) is 0 Å². The SMILES string of the molecule is Cn1ccc(C(CN)c2cccs2)c1. The van der Waals surface area contributed by atoms with Crippen molar-refractivity contribution in [1.29, 1.82) is 0 Å². The van der Waals surface area contributed by atoms with Gasteiger partial charge in [-0.1, -0.05) is 6.07 Å². The third kappa shape index (κ3) is 1.74. The lowest BCUT2D eigenvalue weighted by atomic mass is 10.0. The van der Waals surface area contributed by atoms with Crippen molar-refractivity contribution in [3.05, 3.63) is 46.4 Å². The Bertz CT molecular complexity index is 389. The van der Waals surface area contributed by atoms with E-state index in [2.05, 4.69) is 40.5 Å². The molecule has 2 rings (SSSR count). The van der Waals surface area contributed by atoms with E-state index in [9.17, 15) is 0 Å². The number of nitrogens with zero attached hydrogens (tertiary/aromatic N) is 1. The lowest BCUT2D eigenvalue weighted by Crippen LogP contribution is -2.11. The van der Waals surface area contributed by atoms with Gasteiger partial charge in [0.25, 0.3) is 0 Å². The van der Waals surface area contributed by atoms with E-state index in [-0.39, 0.29) is 0 Å². The Hall–Kier alpha value is -1.06. The molecule has 2 heterocycles. The van der Waals surface area contributed by atoms with Gasteiger partial charge < -0.3 is 10.3 Å². The first-order valence-corrected chi connectivity index (χ1v) is 5.54. The van der Waals surface area contributed by atoms with Crippen LogP contribution in [0, 0.1) is 0 Å². The number of thiophene rings is 1. The number of hydrogen-bond acceptors (Lipinski definition) is 2. The third-order valence-electron chi connectivity index (χ3n) is 2.38. The first-order valence-electron chi connectivity index (χ1n) is 4.66. The standard InChI is InChI=1S/C11H14N2S/c1-13-5-4-9(8-13)10(7-12)11-3-2-6-14-11/h2-6,8,10H,7,12H2,1H3. The monoisotopic (exact) mass is 206 g/mol. The van der Waals surface area contributed by atoms with Gasteiger partial charge in [0, 0.05) is 36.8 Å². The highest BCUT2D eigenvalue weighted by Crippen LogP contribution is 2.27. The maximum Gasteiger partial charge on any atom is 0.0321 e. The zero-order chi connectivity index (χ0) is 9.97. The molecule has 2 aromatic heterocycles. The van der Waals surface area contributed by atoms with Crippen LogP contribution in [0.1, 0.15) is 16.4 Å². The average Bonchev–Trinajstić information content (AvgIpc) is 2.79. The highest BCUT2D eigenvalue weighted by Gasteiger charge is 2.13. The maximum atomic E-state index is 5.80. The molecule has 0 saturated carbocycles. The second-order valence-electron chi connectivity index (χ2n) is 3.41. The molecule has 0 fully saturated rings. The highest BCUT2D eigenvalue weighted by molar-refractivity contribution is 7.10. The molecule has 0 amide bonds. The van der Waals surface area contributed by atoms with Gasteiger partial charge in [-0.2, -0.15) is 0 Å². The lowest BCUT2D eigenvalue weighted by Gasteiger charge is -2.10. The molecule has 1 atom stereocenters. The van der Waals surface area contributed by atoms with Crippen LogP contribution < -0.4 is 5.73 Å². The van der Waals surface area contributed by atoms with Gasteiger partial charge in [-0.05, 0) is 23.1 Å². The van der Waals surface area contributed by atoms with E-state index < -0.39 is 0 Å². The van der Waals surface area contributed by atoms with Gasteiger partial charge >= 0.3 is 0 Å². The summed E-state index contributed by atoms with van der Waals surface area (Å²) in [6.07, 6.45) is 4.20. The van der Waals surface area contributed by atoms with Crippen molar-refractivity contribution in [3.63, 3.8) is 0 Å². The van der Waals surface area contributed by atoms with Crippen molar-refractivity contribution in [2.45, 2.75) is 5.92 Å². The van der Waals surface area contributed by atoms with E-state index in [0.717, 1.165) is 0 Å². The van der Waals surface area contributed by atoms with Gasteiger partial charge in [0.1, 0.15) is 0 Å². The minimum absolute atomic E-state index is 0.358. The molecule has 2 aromatic rings. The Morgan fingerprint density at radius 1 is 1.50 bits per heavy atom. The largest absolute Gasteiger partial charge is 0.357 e. The number of nitrogens with two attached hydrogens (primary N) is 1. The van der Waals surface area contributed by atoms with Crippen molar-refractivity contribution < 1.29 is 0 Å². The van der Waals surface area contributed by atoms with E-state index in [1.165, 1.54) is 10.4 Å². The van der Waals surface area contributed by atoms with Crippen molar-refractivity contribution in [3.8, 4) is 0 Å². The van der Waals surface area contributed by atoms with Crippen LogP contribution in [-0.2, 0) is 7.05 Å². The first-order chi connectivity index (χ1) is 6.81. The minimum Gasteiger partial charge on any atom is -0.357 e. The molecule has 0 aliphatic heterocycles. The summed E-state index contributed by atoms with van der Waals surface area (Å²) in [5, 5.41) is 2.10. The van der Waals surface area contributed by atoms with Crippen molar-refractivity contribution in [2.75, 3.05) is 6.54 Å². The molecule has 0 aliphatic rings. The van der Waals surface area contributed by atoms with Crippen molar-refractivity contribution in [1.82, 2.24) is 4.57 Å². The number of hydrogen-bond donors (Lipinski definition) is 1. The zero-order valence-electron chi connectivity index (χ0n) is 8.18. The van der Waals surface area contributed by atoms with Crippen molar-refractivity contribution in [2.24, 2.45) is 12.8 Å². The van der Waals surface area contributed by atoms with Crippen LogP contribution in [0.4, 0.5) is 0 Å². The molecule has 2 N–H and O–H groups in total. The van der Waals surface area contributed by atoms with Crippen LogP contribution in [0.15, 0.2) is 36.0 Å². The Morgan fingerprint density at radius 2 is 2.36 bits per heavy atom. The Morgan fingerprint density at radius 3 is 2.86 bits per heavy atom. The maximum absolute atomic E-state index is 5.80. The first kappa shape index (κ1) is 9.49. The fourth-order valence-electron chi connectivity index (χ4n) is 1.64. The van der Waals surface area contributed by atoms with Gasteiger partial charge in [-0.25, -0.2) is 0 Å². The van der Waals surface area contributed by atoms with Gasteiger partial charge in [0.15, 0.2) is 0 Å². The molecule has 14 heavy (non-hydrogen) atoms. The summed E-state index contributed by atoms with van der Waals surface area (Å²) in [6, 6.07) is 6.36. The van der Waals surface area contributed by atoms with Crippen LogP contribution in [0.2, 0.25) is 0 Å². The molecule has 1 unspecified atom stereocenters. The molecule has 2 nitrogen and oxygen atoms in total. The molecule has 74 valence electrons. The van der Waals surface area contributed by atoms with Crippen LogP contribution >= 0.6 is 11.3 Å². The summed E-state index contributed by atoms with van der Waals surface area (Å²) in [6.45, 7) is 0.671. The van der Waals surface area contributed by atoms with E-state index in [4.69, 9.17) is 5.73 Å². The number of aryl methyl sites for hydroxylation is 1. The topological polar surface area (TPSA) is 30.9 Å². The Kier molecular flexibility index (Phi) is 2.70. The summed E-state index contributed by atoms with van der Waals surface area (Å²) >= 11 is 1.77. The molecule has 0 spiro atoms. The smallest absolute Gasteiger partial charge is 0.0321 e. The van der Waals surface area contributed by atoms with Gasteiger partial charge in [-0.15, -0.1) is 11.3 Å². The summed E-state index contributed by atoms with van der Waals surface area (Å²) < 4.78 is 2.06. The molecular formula is C11H14N2S. The normalized spacial score (nSPS) is 13.0. The average molecular weight is 206 g/mol. The second-order valence-corrected chi connectivity index (χ2v) is 4.39. The predicted octanol–water partition coefficient (Wildman–Crippen LogP) is 2.18. The third-order valence-corrected chi connectivity index (χ3v) is 3.37. The minimum atomic E-state index is 0.358. The van der Waals surface area contributed by atoms with E-state index in [0.29, 0.717) is 12.5 Å². The van der Waals surface area contributed by atoms with Crippen LogP contribution in [-0.4, -0.2) is 11.1 Å². The summed E-state index contributed by atoms with van der Waals surface area (Å²) in [7, 11) is 2.03. The Balaban J connectivity index is 2.31. The molecule has 0 bridgehead atoms.